The molecule has 1 unspecified atom stereocenters. The molecular weight excluding hydrogens is 631 g/mol. The van der Waals surface area contributed by atoms with Gasteiger partial charge in [-0.05, 0) is 81.9 Å². The van der Waals surface area contributed by atoms with Crippen molar-refractivity contribution in [2.24, 2.45) is 9.98 Å². The fraction of sp³-hybridized carbons (Fsp3) is 0.0612. The Bertz CT molecular complexity index is 2790. The molecule has 0 fully saturated rings. The molecule has 0 saturated heterocycles. The molecule has 3 nitrogen and oxygen atoms in total. The summed E-state index contributed by atoms with van der Waals surface area (Å²) < 4.78 is 2.40. The molecule has 0 radical (unpaired) electrons. The van der Waals surface area contributed by atoms with Crippen molar-refractivity contribution in [2.75, 3.05) is 0 Å². The zero-order valence-electron chi connectivity index (χ0n) is 29.2. The lowest BCUT2D eigenvalue weighted by atomic mass is 9.90. The van der Waals surface area contributed by atoms with Gasteiger partial charge in [-0.2, -0.15) is 0 Å². The summed E-state index contributed by atoms with van der Waals surface area (Å²) in [6, 6.07) is 64.6. The highest BCUT2D eigenvalue weighted by Gasteiger charge is 2.18. The second-order valence-electron chi connectivity index (χ2n) is 13.4. The second kappa shape index (κ2) is 13.3. The van der Waals surface area contributed by atoms with Gasteiger partial charge in [0.25, 0.3) is 0 Å². The maximum Gasteiger partial charge on any atom is 0.155 e. The average molecular weight is 668 g/mol. The Morgan fingerprint density at radius 1 is 0.500 bits per heavy atom. The van der Waals surface area contributed by atoms with E-state index in [1.165, 1.54) is 48.9 Å². The van der Waals surface area contributed by atoms with E-state index in [1.807, 2.05) is 36.4 Å². The molecule has 0 aliphatic rings. The van der Waals surface area contributed by atoms with Crippen LogP contribution < -0.4 is 0 Å². The van der Waals surface area contributed by atoms with Crippen LogP contribution in [0.25, 0.3) is 60.2 Å². The predicted molar refractivity (Wildman–Crippen MR) is 221 cm³/mol. The first-order chi connectivity index (χ1) is 25.6. The van der Waals surface area contributed by atoms with Gasteiger partial charge in [-0.3, -0.25) is 4.99 Å². The van der Waals surface area contributed by atoms with Crippen LogP contribution in [0.15, 0.2) is 192 Å². The average Bonchev–Trinajstić information content (AvgIpc) is 3.55. The van der Waals surface area contributed by atoms with E-state index in [2.05, 4.69) is 164 Å². The molecular formula is C49H37N3. The number of rotatable bonds is 6. The van der Waals surface area contributed by atoms with Crippen molar-refractivity contribution < 1.29 is 0 Å². The molecule has 0 spiro atoms. The topological polar surface area (TPSA) is 29.6 Å². The second-order valence-corrected chi connectivity index (χ2v) is 13.4. The van der Waals surface area contributed by atoms with E-state index in [9.17, 15) is 0 Å². The molecule has 52 heavy (non-hydrogen) atoms. The van der Waals surface area contributed by atoms with Crippen LogP contribution in [0.1, 0.15) is 36.6 Å². The molecule has 0 aliphatic carbocycles. The lowest BCUT2D eigenvalue weighted by Crippen LogP contribution is -2.06. The minimum atomic E-state index is -0.160. The number of amidine groups is 1. The molecule has 0 bridgehead atoms. The third-order valence-electron chi connectivity index (χ3n) is 10.2. The van der Waals surface area contributed by atoms with Crippen LogP contribution in [0.3, 0.4) is 0 Å². The summed E-state index contributed by atoms with van der Waals surface area (Å²) in [5.41, 5.74) is 10.1. The molecule has 1 atom stereocenters. The molecule has 1 heterocycles. The maximum absolute atomic E-state index is 5.35. The number of para-hydroxylation sites is 1. The first-order valence-corrected chi connectivity index (χ1v) is 17.9. The van der Waals surface area contributed by atoms with Gasteiger partial charge >= 0.3 is 0 Å². The molecule has 0 aliphatic heterocycles. The fourth-order valence-electron chi connectivity index (χ4n) is 7.66. The smallest absolute Gasteiger partial charge is 0.155 e. The Morgan fingerprint density at radius 3 is 1.81 bits per heavy atom. The van der Waals surface area contributed by atoms with Crippen molar-refractivity contribution in [3.63, 3.8) is 0 Å². The highest BCUT2D eigenvalue weighted by Crippen LogP contribution is 2.40. The molecule has 9 aromatic rings. The summed E-state index contributed by atoms with van der Waals surface area (Å²) >= 11 is 0. The van der Waals surface area contributed by atoms with E-state index in [0.29, 0.717) is 0 Å². The number of benzene rings is 8. The van der Waals surface area contributed by atoms with Crippen LogP contribution in [-0.2, 0) is 0 Å². The largest absolute Gasteiger partial charge is 0.309 e. The van der Waals surface area contributed by atoms with Crippen LogP contribution in [0.5, 0.6) is 0 Å². The van der Waals surface area contributed by atoms with Crippen LogP contribution in [-0.4, -0.2) is 16.1 Å². The van der Waals surface area contributed by atoms with Gasteiger partial charge in [0, 0.05) is 27.7 Å². The molecule has 1 aromatic heterocycles. The molecule has 0 amide bonds. The summed E-state index contributed by atoms with van der Waals surface area (Å²) in [6.07, 6.45) is 0. The summed E-state index contributed by atoms with van der Waals surface area (Å²) in [7, 11) is 0. The Hall–Kier alpha value is -6.58. The Labute approximate surface area is 303 Å². The number of hydrogen-bond acceptors (Lipinski definition) is 1. The van der Waals surface area contributed by atoms with Crippen molar-refractivity contribution in [1.29, 1.82) is 0 Å². The van der Waals surface area contributed by atoms with E-state index in [1.54, 1.807) is 0 Å². The van der Waals surface area contributed by atoms with E-state index in [0.717, 1.165) is 39.5 Å². The minimum absolute atomic E-state index is 0.160. The molecule has 9 rings (SSSR count). The van der Waals surface area contributed by atoms with Crippen molar-refractivity contribution in [3.05, 3.63) is 199 Å². The molecule has 8 aromatic carbocycles. The first-order valence-electron chi connectivity index (χ1n) is 17.9. The van der Waals surface area contributed by atoms with E-state index in [-0.39, 0.29) is 6.04 Å². The van der Waals surface area contributed by atoms with Gasteiger partial charge < -0.3 is 4.57 Å². The number of aromatic nitrogens is 1. The molecule has 0 N–H and O–H groups in total. The number of aliphatic imine (C=N–C) groups is 2. The Balaban J connectivity index is 1.18. The quantitative estimate of drug-likeness (QED) is 0.125. The summed E-state index contributed by atoms with van der Waals surface area (Å²) in [5, 5.41) is 7.51. The van der Waals surface area contributed by atoms with Gasteiger partial charge in [-0.25, -0.2) is 4.99 Å². The third kappa shape index (κ3) is 5.57. The lowest BCUT2D eigenvalue weighted by Gasteiger charge is -2.18. The zero-order valence-corrected chi connectivity index (χ0v) is 29.2. The Morgan fingerprint density at radius 2 is 1.08 bits per heavy atom. The standard InChI is InChI=1S/C49H37N3/c1-33(35-15-5-3-6-16-35)50-49(39-19-7-4-8-20-39)51-34(2)41-31-27-36-17-9-11-21-42(36)47(41)38-25-29-40(30-26-38)52-45-24-14-13-23-44(45)48-43-22-12-10-18-37(43)28-32-46(48)52/h3-32,34H,1-2H3. The van der Waals surface area contributed by atoms with Crippen molar-refractivity contribution in [1.82, 2.24) is 4.57 Å². The highest BCUT2D eigenvalue weighted by atomic mass is 15.0. The monoisotopic (exact) mass is 667 g/mol. The Kier molecular flexibility index (Phi) is 8.02. The minimum Gasteiger partial charge on any atom is -0.309 e. The SMILES string of the molecule is CC(=NC(=NC(C)c1ccc2ccccc2c1-c1ccc(-n2c3ccccc3c3c4ccccc4ccc32)cc1)c1ccccc1)c1ccccc1. The van der Waals surface area contributed by atoms with Gasteiger partial charge in [-0.1, -0.05) is 158 Å². The zero-order chi connectivity index (χ0) is 35.0. The van der Waals surface area contributed by atoms with Gasteiger partial charge in [0.15, 0.2) is 5.84 Å². The summed E-state index contributed by atoms with van der Waals surface area (Å²) in [6.45, 7) is 4.24. The molecule has 248 valence electrons. The number of fused-ring (bicyclic) bond motifs is 6. The van der Waals surface area contributed by atoms with Gasteiger partial charge in [-0.15, -0.1) is 0 Å². The van der Waals surface area contributed by atoms with Crippen molar-refractivity contribution in [2.45, 2.75) is 19.9 Å². The van der Waals surface area contributed by atoms with Crippen LogP contribution in [0, 0.1) is 0 Å². The normalized spacial score (nSPS) is 13.0. The van der Waals surface area contributed by atoms with Crippen LogP contribution >= 0.6 is 0 Å². The first kappa shape index (κ1) is 31.4. The fourth-order valence-corrected chi connectivity index (χ4v) is 7.66. The van der Waals surface area contributed by atoms with Gasteiger partial charge in [0.1, 0.15) is 0 Å². The van der Waals surface area contributed by atoms with Crippen LogP contribution in [0.2, 0.25) is 0 Å². The van der Waals surface area contributed by atoms with Crippen molar-refractivity contribution >= 4 is 54.9 Å². The maximum atomic E-state index is 5.35. The van der Waals surface area contributed by atoms with E-state index < -0.39 is 0 Å². The molecule has 3 heteroatoms. The van der Waals surface area contributed by atoms with E-state index >= 15 is 0 Å². The van der Waals surface area contributed by atoms with Crippen LogP contribution in [0.4, 0.5) is 0 Å². The van der Waals surface area contributed by atoms with Gasteiger partial charge in [0.2, 0.25) is 0 Å². The van der Waals surface area contributed by atoms with Crippen molar-refractivity contribution in [3.8, 4) is 16.8 Å². The summed E-state index contributed by atoms with van der Waals surface area (Å²) in [5.74, 6) is 0.725. The summed E-state index contributed by atoms with van der Waals surface area (Å²) in [4.78, 5) is 10.5. The predicted octanol–water partition coefficient (Wildman–Crippen LogP) is 12.8. The number of nitrogens with zero attached hydrogens (tertiary/aromatic N) is 3. The highest BCUT2D eigenvalue weighted by molar-refractivity contribution is 6.21. The lowest BCUT2D eigenvalue weighted by molar-refractivity contribution is 0.822. The third-order valence-corrected chi connectivity index (χ3v) is 10.2. The van der Waals surface area contributed by atoms with Gasteiger partial charge in [0.05, 0.1) is 17.1 Å². The molecule has 0 saturated carbocycles. The van der Waals surface area contributed by atoms with E-state index in [4.69, 9.17) is 9.98 Å². The number of hydrogen-bond donors (Lipinski definition) is 0.